The van der Waals surface area contributed by atoms with Gasteiger partial charge in [0.2, 0.25) is 0 Å². The summed E-state index contributed by atoms with van der Waals surface area (Å²) in [6, 6.07) is 7.58. The lowest BCUT2D eigenvalue weighted by atomic mass is 10.0. The normalized spacial score (nSPS) is 17.6. The van der Waals surface area contributed by atoms with E-state index in [1.165, 1.54) is 42.6 Å². The summed E-state index contributed by atoms with van der Waals surface area (Å²) in [7, 11) is 2.26. The fourth-order valence-corrected chi connectivity index (χ4v) is 2.57. The van der Waals surface area contributed by atoms with Gasteiger partial charge in [0.1, 0.15) is 0 Å². The molecule has 2 nitrogen and oxygen atoms in total. The van der Waals surface area contributed by atoms with Crippen molar-refractivity contribution in [1.29, 1.82) is 0 Å². The SMILES string of the molecule is Cc1ccc(CN(C)C2CCNCC2)cc1C. The van der Waals surface area contributed by atoms with Crippen LogP contribution in [0.1, 0.15) is 29.5 Å². The second-order valence-electron chi connectivity index (χ2n) is 5.31. The largest absolute Gasteiger partial charge is 0.317 e. The van der Waals surface area contributed by atoms with Gasteiger partial charge in [-0.1, -0.05) is 18.2 Å². The molecule has 1 aromatic rings. The Bertz CT molecular complexity index is 367. The van der Waals surface area contributed by atoms with Crippen LogP contribution in [-0.2, 0) is 6.54 Å². The molecule has 0 aliphatic carbocycles. The van der Waals surface area contributed by atoms with E-state index in [1.807, 2.05) is 0 Å². The molecule has 0 amide bonds. The van der Waals surface area contributed by atoms with Crippen LogP contribution in [0.5, 0.6) is 0 Å². The molecule has 1 fully saturated rings. The third-order valence-electron chi connectivity index (χ3n) is 3.94. The molecule has 1 heterocycles. The number of piperidine rings is 1. The molecular formula is C15H24N2. The highest BCUT2D eigenvalue weighted by Gasteiger charge is 2.17. The van der Waals surface area contributed by atoms with Crippen LogP contribution in [0.25, 0.3) is 0 Å². The number of aryl methyl sites for hydroxylation is 2. The van der Waals surface area contributed by atoms with Crippen molar-refractivity contribution < 1.29 is 0 Å². The average molecular weight is 232 g/mol. The minimum atomic E-state index is 0.748. The maximum absolute atomic E-state index is 3.42. The average Bonchev–Trinajstić information content (AvgIpc) is 2.35. The first kappa shape index (κ1) is 12.6. The van der Waals surface area contributed by atoms with Gasteiger partial charge in [0.15, 0.2) is 0 Å². The molecule has 2 heteroatoms. The zero-order valence-corrected chi connectivity index (χ0v) is 11.3. The molecule has 0 aromatic heterocycles. The Hall–Kier alpha value is -0.860. The van der Waals surface area contributed by atoms with Crippen LogP contribution in [0.4, 0.5) is 0 Å². The van der Waals surface area contributed by atoms with Crippen molar-refractivity contribution in [3.05, 3.63) is 34.9 Å². The summed E-state index contributed by atoms with van der Waals surface area (Å²) in [4.78, 5) is 2.50. The van der Waals surface area contributed by atoms with Crippen LogP contribution in [0, 0.1) is 13.8 Å². The Morgan fingerprint density at radius 1 is 1.18 bits per heavy atom. The Morgan fingerprint density at radius 2 is 1.88 bits per heavy atom. The van der Waals surface area contributed by atoms with E-state index in [0.717, 1.165) is 12.6 Å². The lowest BCUT2D eigenvalue weighted by Crippen LogP contribution is -2.40. The molecule has 1 saturated heterocycles. The van der Waals surface area contributed by atoms with Gasteiger partial charge in [-0.2, -0.15) is 0 Å². The first-order valence-corrected chi connectivity index (χ1v) is 6.64. The standard InChI is InChI=1S/C15H24N2/c1-12-4-5-14(10-13(12)2)11-17(3)15-6-8-16-9-7-15/h4-5,10,15-16H,6-9,11H2,1-3H3. The quantitative estimate of drug-likeness (QED) is 0.861. The fourth-order valence-electron chi connectivity index (χ4n) is 2.57. The molecule has 1 aliphatic heterocycles. The molecule has 0 unspecified atom stereocenters. The maximum Gasteiger partial charge on any atom is 0.0233 e. The van der Waals surface area contributed by atoms with Crippen molar-refractivity contribution >= 4 is 0 Å². The Kier molecular flexibility index (Phi) is 4.19. The first-order chi connectivity index (χ1) is 8.16. The van der Waals surface area contributed by atoms with Crippen LogP contribution in [0.15, 0.2) is 18.2 Å². The summed E-state index contributed by atoms with van der Waals surface area (Å²) in [5.74, 6) is 0. The van der Waals surface area contributed by atoms with Gasteiger partial charge in [-0.25, -0.2) is 0 Å². The molecule has 2 rings (SSSR count). The Labute approximate surface area is 105 Å². The van der Waals surface area contributed by atoms with E-state index in [9.17, 15) is 0 Å². The molecule has 17 heavy (non-hydrogen) atoms. The molecule has 1 aliphatic rings. The zero-order chi connectivity index (χ0) is 12.3. The van der Waals surface area contributed by atoms with Gasteiger partial charge in [-0.05, 0) is 63.5 Å². The lowest BCUT2D eigenvalue weighted by molar-refractivity contribution is 0.192. The third kappa shape index (κ3) is 3.30. The molecule has 1 N–H and O–H groups in total. The van der Waals surface area contributed by atoms with Crippen LogP contribution in [0.2, 0.25) is 0 Å². The molecular weight excluding hydrogens is 208 g/mol. The van der Waals surface area contributed by atoms with E-state index >= 15 is 0 Å². The van der Waals surface area contributed by atoms with Crippen LogP contribution in [0.3, 0.4) is 0 Å². The second kappa shape index (κ2) is 5.65. The second-order valence-corrected chi connectivity index (χ2v) is 5.31. The van der Waals surface area contributed by atoms with E-state index in [2.05, 4.69) is 49.3 Å². The molecule has 0 spiro atoms. The van der Waals surface area contributed by atoms with Gasteiger partial charge in [0, 0.05) is 12.6 Å². The summed E-state index contributed by atoms with van der Waals surface area (Å²) in [6.07, 6.45) is 2.56. The van der Waals surface area contributed by atoms with Crippen molar-refractivity contribution in [2.75, 3.05) is 20.1 Å². The lowest BCUT2D eigenvalue weighted by Gasteiger charge is -2.31. The summed E-state index contributed by atoms with van der Waals surface area (Å²) in [5.41, 5.74) is 4.23. The van der Waals surface area contributed by atoms with Crippen molar-refractivity contribution in [2.24, 2.45) is 0 Å². The van der Waals surface area contributed by atoms with E-state index < -0.39 is 0 Å². The Morgan fingerprint density at radius 3 is 2.53 bits per heavy atom. The molecule has 0 radical (unpaired) electrons. The number of benzene rings is 1. The van der Waals surface area contributed by atoms with Crippen LogP contribution >= 0.6 is 0 Å². The van der Waals surface area contributed by atoms with Gasteiger partial charge >= 0.3 is 0 Å². The number of rotatable bonds is 3. The van der Waals surface area contributed by atoms with Crippen molar-refractivity contribution in [3.63, 3.8) is 0 Å². The first-order valence-electron chi connectivity index (χ1n) is 6.64. The Balaban J connectivity index is 1.96. The number of hydrogen-bond donors (Lipinski definition) is 1. The fraction of sp³-hybridized carbons (Fsp3) is 0.600. The van der Waals surface area contributed by atoms with E-state index in [1.54, 1.807) is 0 Å². The summed E-state index contributed by atoms with van der Waals surface area (Å²) in [5, 5.41) is 3.42. The molecule has 0 bridgehead atoms. The van der Waals surface area contributed by atoms with Crippen LogP contribution < -0.4 is 5.32 Å². The summed E-state index contributed by atoms with van der Waals surface area (Å²) in [6.45, 7) is 7.79. The predicted octanol–water partition coefficient (Wildman–Crippen LogP) is 2.49. The molecule has 0 saturated carbocycles. The minimum absolute atomic E-state index is 0.748. The van der Waals surface area contributed by atoms with Crippen LogP contribution in [-0.4, -0.2) is 31.1 Å². The van der Waals surface area contributed by atoms with E-state index in [0.29, 0.717) is 0 Å². The predicted molar refractivity (Wildman–Crippen MR) is 73.3 cm³/mol. The molecule has 0 atom stereocenters. The number of hydrogen-bond acceptors (Lipinski definition) is 2. The van der Waals surface area contributed by atoms with Crippen molar-refractivity contribution in [3.8, 4) is 0 Å². The number of nitrogens with zero attached hydrogens (tertiary/aromatic N) is 1. The van der Waals surface area contributed by atoms with Crippen molar-refractivity contribution in [1.82, 2.24) is 10.2 Å². The van der Waals surface area contributed by atoms with E-state index in [4.69, 9.17) is 0 Å². The van der Waals surface area contributed by atoms with Gasteiger partial charge in [-0.15, -0.1) is 0 Å². The molecule has 1 aromatic carbocycles. The van der Waals surface area contributed by atoms with Gasteiger partial charge < -0.3 is 5.32 Å². The minimum Gasteiger partial charge on any atom is -0.317 e. The summed E-state index contributed by atoms with van der Waals surface area (Å²) >= 11 is 0. The van der Waals surface area contributed by atoms with Crippen molar-refractivity contribution in [2.45, 2.75) is 39.3 Å². The highest BCUT2D eigenvalue weighted by molar-refractivity contribution is 5.29. The van der Waals surface area contributed by atoms with Gasteiger partial charge in [0.05, 0.1) is 0 Å². The maximum atomic E-state index is 3.42. The van der Waals surface area contributed by atoms with Gasteiger partial charge in [-0.3, -0.25) is 4.90 Å². The number of nitrogens with one attached hydrogen (secondary N) is 1. The van der Waals surface area contributed by atoms with Gasteiger partial charge in [0.25, 0.3) is 0 Å². The molecule has 94 valence electrons. The van der Waals surface area contributed by atoms with E-state index in [-0.39, 0.29) is 0 Å². The highest BCUT2D eigenvalue weighted by Crippen LogP contribution is 2.15. The highest BCUT2D eigenvalue weighted by atomic mass is 15.1. The third-order valence-corrected chi connectivity index (χ3v) is 3.94. The monoisotopic (exact) mass is 232 g/mol. The topological polar surface area (TPSA) is 15.3 Å². The zero-order valence-electron chi connectivity index (χ0n) is 11.3. The summed E-state index contributed by atoms with van der Waals surface area (Å²) < 4.78 is 0. The smallest absolute Gasteiger partial charge is 0.0233 e.